The van der Waals surface area contributed by atoms with Crippen LogP contribution < -0.4 is 0 Å². The molecule has 4 aromatic rings. The van der Waals surface area contributed by atoms with Gasteiger partial charge in [-0.1, -0.05) is 72.8 Å². The highest BCUT2D eigenvalue weighted by atomic mass is 15.0. The monoisotopic (exact) mass is 309 g/mol. The number of hydrogen-bond acceptors (Lipinski definition) is 0. The summed E-state index contributed by atoms with van der Waals surface area (Å²) in [6, 6.07) is 24.3. The summed E-state index contributed by atoms with van der Waals surface area (Å²) in [5.41, 5.74) is 5.63. The summed E-state index contributed by atoms with van der Waals surface area (Å²) in [5, 5.41) is 4.01. The Kier molecular flexibility index (Phi) is 2.90. The minimum Gasteiger partial charge on any atom is -0.347 e. The van der Waals surface area contributed by atoms with Gasteiger partial charge in [-0.05, 0) is 28.0 Å². The van der Waals surface area contributed by atoms with Crippen molar-refractivity contribution in [1.82, 2.24) is 4.57 Å². The van der Waals surface area contributed by atoms with Crippen LogP contribution in [0.25, 0.3) is 21.7 Å². The number of rotatable bonds is 1. The predicted molar refractivity (Wildman–Crippen MR) is 102 cm³/mol. The fourth-order valence-corrected chi connectivity index (χ4v) is 4.16. The first-order chi connectivity index (χ1) is 11.8. The third kappa shape index (κ3) is 1.88. The van der Waals surface area contributed by atoms with Gasteiger partial charge in [0.1, 0.15) is 0 Å². The normalized spacial score (nSPS) is 16.6. The van der Waals surface area contributed by atoms with Crippen molar-refractivity contribution < 1.29 is 0 Å². The number of para-hydroxylation sites is 1. The molecule has 1 aromatic heterocycles. The maximum atomic E-state index is 2.37. The third-order valence-corrected chi connectivity index (χ3v) is 5.35. The zero-order chi connectivity index (χ0) is 16.1. The van der Waals surface area contributed by atoms with Gasteiger partial charge in [-0.25, -0.2) is 0 Å². The van der Waals surface area contributed by atoms with Crippen LogP contribution in [0.2, 0.25) is 0 Å². The molecule has 0 N–H and O–H groups in total. The smallest absolute Gasteiger partial charge is 0.0483 e. The summed E-state index contributed by atoms with van der Waals surface area (Å²) in [7, 11) is 2.19. The van der Waals surface area contributed by atoms with Crippen LogP contribution in [0, 0.1) is 0 Å². The van der Waals surface area contributed by atoms with E-state index in [9.17, 15) is 0 Å². The van der Waals surface area contributed by atoms with Crippen LogP contribution in [0.1, 0.15) is 22.7 Å². The quantitative estimate of drug-likeness (QED) is 0.405. The van der Waals surface area contributed by atoms with Crippen molar-refractivity contribution in [2.45, 2.75) is 12.3 Å². The van der Waals surface area contributed by atoms with Crippen LogP contribution in [0.3, 0.4) is 0 Å². The van der Waals surface area contributed by atoms with Crippen LogP contribution in [-0.4, -0.2) is 4.57 Å². The summed E-state index contributed by atoms with van der Waals surface area (Å²) < 4.78 is 2.36. The molecule has 3 aromatic carbocycles. The largest absolute Gasteiger partial charge is 0.347 e. The Morgan fingerprint density at radius 3 is 2.58 bits per heavy atom. The first-order valence-corrected chi connectivity index (χ1v) is 8.54. The van der Waals surface area contributed by atoms with Crippen LogP contribution in [-0.2, 0) is 13.5 Å². The molecular formula is C23H19N. The highest BCUT2D eigenvalue weighted by molar-refractivity contribution is 5.88. The maximum Gasteiger partial charge on any atom is 0.0483 e. The van der Waals surface area contributed by atoms with E-state index in [2.05, 4.69) is 90.5 Å². The number of fused-ring (bicyclic) bond motifs is 4. The lowest BCUT2D eigenvalue weighted by Gasteiger charge is -2.20. The molecule has 1 aliphatic carbocycles. The number of benzene rings is 3. The number of allylic oxidation sites excluding steroid dienone is 2. The lowest BCUT2D eigenvalue weighted by molar-refractivity contribution is 0.840. The topological polar surface area (TPSA) is 4.93 Å². The van der Waals surface area contributed by atoms with Gasteiger partial charge >= 0.3 is 0 Å². The van der Waals surface area contributed by atoms with Gasteiger partial charge in [0, 0.05) is 36.0 Å². The van der Waals surface area contributed by atoms with E-state index in [4.69, 9.17) is 0 Å². The van der Waals surface area contributed by atoms with Crippen molar-refractivity contribution in [2.75, 3.05) is 0 Å². The molecule has 1 aliphatic rings. The van der Waals surface area contributed by atoms with Gasteiger partial charge in [-0.2, -0.15) is 0 Å². The molecule has 0 amide bonds. The molecule has 1 nitrogen and oxygen atoms in total. The second kappa shape index (κ2) is 5.10. The highest BCUT2D eigenvalue weighted by Gasteiger charge is 2.24. The van der Waals surface area contributed by atoms with Crippen molar-refractivity contribution >= 4 is 21.7 Å². The van der Waals surface area contributed by atoms with Gasteiger partial charge in [-0.15, -0.1) is 0 Å². The molecule has 0 aliphatic heterocycles. The molecule has 0 bridgehead atoms. The van der Waals surface area contributed by atoms with E-state index in [1.165, 1.54) is 38.5 Å². The van der Waals surface area contributed by atoms with E-state index in [0.717, 1.165) is 6.42 Å². The minimum absolute atomic E-state index is 0.337. The van der Waals surface area contributed by atoms with Gasteiger partial charge in [0.2, 0.25) is 0 Å². The average Bonchev–Trinajstić information content (AvgIpc) is 2.95. The van der Waals surface area contributed by atoms with Gasteiger partial charge in [-0.3, -0.25) is 0 Å². The van der Waals surface area contributed by atoms with Crippen molar-refractivity contribution in [2.24, 2.45) is 7.05 Å². The van der Waals surface area contributed by atoms with Crippen molar-refractivity contribution in [3.8, 4) is 0 Å². The molecule has 24 heavy (non-hydrogen) atoms. The number of aromatic nitrogens is 1. The lowest BCUT2D eigenvalue weighted by Crippen LogP contribution is -2.07. The Balaban J connectivity index is 1.76. The van der Waals surface area contributed by atoms with Crippen LogP contribution in [0.4, 0.5) is 0 Å². The number of hydrogen-bond donors (Lipinski definition) is 0. The summed E-state index contributed by atoms with van der Waals surface area (Å²) >= 11 is 0. The molecule has 1 atom stereocenters. The Morgan fingerprint density at radius 1 is 0.875 bits per heavy atom. The zero-order valence-corrected chi connectivity index (χ0v) is 13.7. The molecular weight excluding hydrogens is 290 g/mol. The summed E-state index contributed by atoms with van der Waals surface area (Å²) in [6.45, 7) is 0. The second-order valence-corrected chi connectivity index (χ2v) is 6.65. The molecule has 0 fully saturated rings. The molecule has 5 rings (SSSR count). The number of nitrogens with zero attached hydrogens (tertiary/aromatic N) is 1. The Morgan fingerprint density at radius 2 is 1.67 bits per heavy atom. The van der Waals surface area contributed by atoms with Crippen LogP contribution in [0.15, 0.2) is 78.9 Å². The first kappa shape index (κ1) is 13.6. The molecule has 1 heteroatoms. The Labute approximate surface area is 141 Å². The van der Waals surface area contributed by atoms with E-state index < -0.39 is 0 Å². The molecule has 0 unspecified atom stereocenters. The predicted octanol–water partition coefficient (Wildman–Crippen LogP) is 5.58. The maximum absolute atomic E-state index is 2.37. The van der Waals surface area contributed by atoms with E-state index in [1.807, 2.05) is 0 Å². The molecule has 1 heterocycles. The fourth-order valence-electron chi connectivity index (χ4n) is 4.16. The van der Waals surface area contributed by atoms with E-state index in [1.54, 1.807) is 0 Å². The summed E-state index contributed by atoms with van der Waals surface area (Å²) in [4.78, 5) is 0. The molecule has 0 radical (unpaired) electrons. The molecule has 0 saturated carbocycles. The first-order valence-electron chi connectivity index (χ1n) is 8.54. The van der Waals surface area contributed by atoms with Crippen LogP contribution >= 0.6 is 0 Å². The summed E-state index contributed by atoms with van der Waals surface area (Å²) in [6.07, 6.45) is 5.71. The zero-order valence-electron chi connectivity index (χ0n) is 13.7. The van der Waals surface area contributed by atoms with Gasteiger partial charge in [0.25, 0.3) is 0 Å². The van der Waals surface area contributed by atoms with E-state index >= 15 is 0 Å². The molecule has 0 spiro atoms. The number of aryl methyl sites for hydroxylation is 1. The van der Waals surface area contributed by atoms with Gasteiger partial charge < -0.3 is 4.57 Å². The standard InChI is InChI=1S/C23H19N/c1-24-21-11-5-4-9-20(21)23-19(10-6-12-22(23)24)18-14-13-16-7-2-3-8-17(16)15-18/h2-11,13-15,19H,12H2,1H3/t19-/m1/s1. The fraction of sp³-hybridized carbons (Fsp3) is 0.130. The SMILES string of the molecule is Cn1c2c(c3ccccc31)[C@@H](c1ccc3ccccc3c1)C=CC2. The van der Waals surface area contributed by atoms with Crippen molar-refractivity contribution in [3.05, 3.63) is 95.7 Å². The van der Waals surface area contributed by atoms with Gasteiger partial charge in [0.15, 0.2) is 0 Å². The van der Waals surface area contributed by atoms with E-state index in [-0.39, 0.29) is 0 Å². The lowest BCUT2D eigenvalue weighted by atomic mass is 9.84. The average molecular weight is 309 g/mol. The molecule has 116 valence electrons. The van der Waals surface area contributed by atoms with E-state index in [0.29, 0.717) is 5.92 Å². The third-order valence-electron chi connectivity index (χ3n) is 5.35. The Hall–Kier alpha value is -2.80. The van der Waals surface area contributed by atoms with Crippen LogP contribution in [0.5, 0.6) is 0 Å². The Bertz CT molecular complexity index is 1100. The summed E-state index contributed by atoms with van der Waals surface area (Å²) in [5.74, 6) is 0.337. The highest BCUT2D eigenvalue weighted by Crippen LogP contribution is 2.39. The molecule has 0 saturated heterocycles. The van der Waals surface area contributed by atoms with Crippen molar-refractivity contribution in [3.63, 3.8) is 0 Å². The van der Waals surface area contributed by atoms with Gasteiger partial charge in [0.05, 0.1) is 0 Å². The minimum atomic E-state index is 0.337. The van der Waals surface area contributed by atoms with Crippen molar-refractivity contribution in [1.29, 1.82) is 0 Å². The second-order valence-electron chi connectivity index (χ2n) is 6.65.